The van der Waals surface area contributed by atoms with Crippen LogP contribution in [0.4, 0.5) is 0 Å². The lowest BCUT2D eigenvalue weighted by Crippen LogP contribution is -2.48. The van der Waals surface area contributed by atoms with E-state index in [1.807, 2.05) is 0 Å². The van der Waals surface area contributed by atoms with E-state index in [4.69, 9.17) is 0 Å². The van der Waals surface area contributed by atoms with Gasteiger partial charge >= 0.3 is 0 Å². The molecule has 0 aromatic carbocycles. The highest BCUT2D eigenvalue weighted by Crippen LogP contribution is 2.32. The molecule has 0 aromatic heterocycles. The molecule has 1 saturated carbocycles. The van der Waals surface area contributed by atoms with Crippen LogP contribution >= 0.6 is 0 Å². The Morgan fingerprint density at radius 1 is 0.950 bits per heavy atom. The second-order valence-corrected chi connectivity index (χ2v) is 7.34. The zero-order valence-electron chi connectivity index (χ0n) is 13.2. The summed E-state index contributed by atoms with van der Waals surface area (Å²) >= 11 is 0. The normalized spacial score (nSPS) is 33.4. The maximum atomic E-state index is 12.6. The molecule has 0 aromatic rings. The average Bonchev–Trinajstić information content (AvgIpc) is 3.24. The van der Waals surface area contributed by atoms with Crippen LogP contribution in [0, 0.1) is 5.92 Å². The second-order valence-electron chi connectivity index (χ2n) is 7.34. The molecule has 2 saturated heterocycles. The molecule has 3 rings (SSSR count). The van der Waals surface area contributed by atoms with Gasteiger partial charge in [-0.25, -0.2) is 0 Å². The number of hydrogen-bond acceptors (Lipinski definition) is 2. The SMILES string of the molecule is CC1CCCC(C)N1C(=O)CC1CCN(C2CC2)CC1. The summed E-state index contributed by atoms with van der Waals surface area (Å²) in [4.78, 5) is 17.5. The Morgan fingerprint density at radius 3 is 2.10 bits per heavy atom. The molecule has 1 aliphatic carbocycles. The van der Waals surface area contributed by atoms with Crippen LogP contribution in [0.1, 0.15) is 65.2 Å². The number of carbonyl (C=O) groups is 1. The Bertz CT molecular complexity index is 335. The molecule has 20 heavy (non-hydrogen) atoms. The Balaban J connectivity index is 1.48. The van der Waals surface area contributed by atoms with Crippen molar-refractivity contribution in [3.8, 4) is 0 Å². The first kappa shape index (κ1) is 14.4. The summed E-state index contributed by atoms with van der Waals surface area (Å²) in [6, 6.07) is 1.81. The maximum absolute atomic E-state index is 12.6. The van der Waals surface area contributed by atoms with Crippen molar-refractivity contribution in [2.24, 2.45) is 5.92 Å². The molecule has 0 spiro atoms. The molecule has 114 valence electrons. The summed E-state index contributed by atoms with van der Waals surface area (Å²) in [5.74, 6) is 1.06. The molecule has 3 nitrogen and oxygen atoms in total. The molecule has 2 heterocycles. The molecule has 3 aliphatic rings. The second kappa shape index (κ2) is 6.05. The third-order valence-corrected chi connectivity index (χ3v) is 5.66. The smallest absolute Gasteiger partial charge is 0.223 e. The van der Waals surface area contributed by atoms with Crippen molar-refractivity contribution in [2.45, 2.75) is 83.3 Å². The lowest BCUT2D eigenvalue weighted by atomic mass is 9.90. The van der Waals surface area contributed by atoms with E-state index in [9.17, 15) is 4.79 Å². The summed E-state index contributed by atoms with van der Waals surface area (Å²) in [5, 5.41) is 0. The first-order chi connectivity index (χ1) is 9.65. The lowest BCUT2D eigenvalue weighted by molar-refractivity contribution is -0.138. The molecule has 0 bridgehead atoms. The van der Waals surface area contributed by atoms with Gasteiger partial charge in [-0.05, 0) is 77.8 Å². The third kappa shape index (κ3) is 3.19. The first-order valence-electron chi connectivity index (χ1n) is 8.70. The summed E-state index contributed by atoms with van der Waals surface area (Å²) in [6.45, 7) is 6.91. The van der Waals surface area contributed by atoms with Crippen LogP contribution in [-0.2, 0) is 4.79 Å². The minimum atomic E-state index is 0.426. The first-order valence-corrected chi connectivity index (χ1v) is 8.70. The van der Waals surface area contributed by atoms with Crippen LogP contribution in [0.3, 0.4) is 0 Å². The van der Waals surface area contributed by atoms with E-state index in [-0.39, 0.29) is 0 Å². The Hall–Kier alpha value is -0.570. The monoisotopic (exact) mass is 278 g/mol. The fourth-order valence-electron chi connectivity index (χ4n) is 4.23. The molecule has 3 fully saturated rings. The van der Waals surface area contributed by atoms with Gasteiger partial charge in [0.05, 0.1) is 0 Å². The van der Waals surface area contributed by atoms with Gasteiger partial charge < -0.3 is 9.80 Å². The number of carbonyl (C=O) groups excluding carboxylic acids is 1. The van der Waals surface area contributed by atoms with E-state index in [0.717, 1.165) is 12.5 Å². The zero-order chi connectivity index (χ0) is 14.1. The van der Waals surface area contributed by atoms with E-state index in [0.29, 0.717) is 23.9 Å². The topological polar surface area (TPSA) is 23.6 Å². The number of likely N-dealkylation sites (tertiary alicyclic amines) is 2. The van der Waals surface area contributed by atoms with Crippen LogP contribution in [0.15, 0.2) is 0 Å². The van der Waals surface area contributed by atoms with E-state index >= 15 is 0 Å². The van der Waals surface area contributed by atoms with Crippen molar-refractivity contribution in [1.29, 1.82) is 0 Å². The number of nitrogens with zero attached hydrogens (tertiary/aromatic N) is 2. The lowest BCUT2D eigenvalue weighted by Gasteiger charge is -2.40. The van der Waals surface area contributed by atoms with Crippen molar-refractivity contribution in [3.05, 3.63) is 0 Å². The van der Waals surface area contributed by atoms with E-state index < -0.39 is 0 Å². The largest absolute Gasteiger partial charge is 0.337 e. The third-order valence-electron chi connectivity index (χ3n) is 5.66. The van der Waals surface area contributed by atoms with Crippen LogP contribution < -0.4 is 0 Å². The number of piperidine rings is 2. The fraction of sp³-hybridized carbons (Fsp3) is 0.941. The van der Waals surface area contributed by atoms with Gasteiger partial charge in [0, 0.05) is 24.5 Å². The highest BCUT2D eigenvalue weighted by molar-refractivity contribution is 5.77. The van der Waals surface area contributed by atoms with Crippen LogP contribution in [0.25, 0.3) is 0 Å². The predicted octanol–water partition coefficient (Wildman–Crippen LogP) is 3.04. The van der Waals surface area contributed by atoms with Gasteiger partial charge in [-0.15, -0.1) is 0 Å². The standard InChI is InChI=1S/C17H30N2O/c1-13-4-3-5-14(2)19(13)17(20)12-15-8-10-18(11-9-15)16-6-7-16/h13-16H,3-12H2,1-2H3. The van der Waals surface area contributed by atoms with Crippen LogP contribution in [-0.4, -0.2) is 46.9 Å². The van der Waals surface area contributed by atoms with Gasteiger partial charge in [-0.2, -0.15) is 0 Å². The van der Waals surface area contributed by atoms with Crippen molar-refractivity contribution in [2.75, 3.05) is 13.1 Å². The molecule has 0 N–H and O–H groups in total. The van der Waals surface area contributed by atoms with E-state index in [2.05, 4.69) is 23.6 Å². The number of hydrogen-bond donors (Lipinski definition) is 0. The highest BCUT2D eigenvalue weighted by Gasteiger charge is 2.34. The summed E-state index contributed by atoms with van der Waals surface area (Å²) in [6.07, 6.45) is 9.75. The van der Waals surface area contributed by atoms with E-state index in [1.165, 1.54) is 58.0 Å². The Morgan fingerprint density at radius 2 is 1.55 bits per heavy atom. The van der Waals surface area contributed by atoms with Gasteiger partial charge in [0.15, 0.2) is 0 Å². The van der Waals surface area contributed by atoms with Crippen molar-refractivity contribution in [1.82, 2.24) is 9.80 Å². The maximum Gasteiger partial charge on any atom is 0.223 e. The molecular formula is C17H30N2O. The quantitative estimate of drug-likeness (QED) is 0.792. The zero-order valence-corrected chi connectivity index (χ0v) is 13.2. The van der Waals surface area contributed by atoms with Crippen molar-refractivity contribution in [3.63, 3.8) is 0 Å². The minimum absolute atomic E-state index is 0.426. The predicted molar refractivity (Wildman–Crippen MR) is 81.6 cm³/mol. The molecule has 0 radical (unpaired) electrons. The summed E-state index contributed by atoms with van der Waals surface area (Å²) in [7, 11) is 0. The Labute approximate surface area is 123 Å². The molecular weight excluding hydrogens is 248 g/mol. The van der Waals surface area contributed by atoms with Crippen molar-refractivity contribution < 1.29 is 4.79 Å². The van der Waals surface area contributed by atoms with E-state index in [1.54, 1.807) is 0 Å². The summed E-state index contributed by atoms with van der Waals surface area (Å²) in [5.41, 5.74) is 0. The molecule has 2 unspecified atom stereocenters. The van der Waals surface area contributed by atoms with Gasteiger partial charge in [0.2, 0.25) is 5.91 Å². The molecule has 1 amide bonds. The summed E-state index contributed by atoms with van der Waals surface area (Å²) < 4.78 is 0. The van der Waals surface area contributed by atoms with Crippen LogP contribution in [0.5, 0.6) is 0 Å². The highest BCUT2D eigenvalue weighted by atomic mass is 16.2. The van der Waals surface area contributed by atoms with Crippen LogP contribution in [0.2, 0.25) is 0 Å². The van der Waals surface area contributed by atoms with Gasteiger partial charge in [-0.3, -0.25) is 4.79 Å². The number of rotatable bonds is 3. The molecule has 2 aliphatic heterocycles. The van der Waals surface area contributed by atoms with Crippen molar-refractivity contribution >= 4 is 5.91 Å². The van der Waals surface area contributed by atoms with Gasteiger partial charge in [0.1, 0.15) is 0 Å². The Kier molecular flexibility index (Phi) is 4.34. The average molecular weight is 278 g/mol. The van der Waals surface area contributed by atoms with Gasteiger partial charge in [-0.1, -0.05) is 0 Å². The minimum Gasteiger partial charge on any atom is -0.337 e. The molecule has 2 atom stereocenters. The number of amides is 1. The fourth-order valence-corrected chi connectivity index (χ4v) is 4.23. The molecule has 3 heteroatoms. The van der Waals surface area contributed by atoms with Gasteiger partial charge in [0.25, 0.3) is 0 Å².